The molecule has 0 saturated carbocycles. The molecule has 0 amide bonds. The highest BCUT2D eigenvalue weighted by molar-refractivity contribution is 6.32. The van der Waals surface area contributed by atoms with Crippen LogP contribution in [0.2, 0.25) is 5.02 Å². The van der Waals surface area contributed by atoms with Crippen molar-refractivity contribution in [1.29, 1.82) is 0 Å². The maximum absolute atomic E-state index is 11.9. The zero-order valence-corrected chi connectivity index (χ0v) is 9.27. The molecule has 90 valence electrons. The van der Waals surface area contributed by atoms with Gasteiger partial charge in [0.15, 0.2) is 0 Å². The van der Waals surface area contributed by atoms with Gasteiger partial charge in [-0.05, 0) is 17.7 Å². The Bertz CT molecular complexity index is 368. The Balaban J connectivity index is 2.92. The van der Waals surface area contributed by atoms with Crippen LogP contribution in [0.15, 0.2) is 18.2 Å². The fourth-order valence-electron chi connectivity index (χ4n) is 1.02. The van der Waals surface area contributed by atoms with Gasteiger partial charge in [-0.15, -0.1) is 24.8 Å². The maximum Gasteiger partial charge on any atom is 0.573 e. The predicted octanol–water partition coefficient (Wildman–Crippen LogP) is 3.51. The van der Waals surface area contributed by atoms with Crippen molar-refractivity contribution in [3.8, 4) is 5.75 Å². The third kappa shape index (κ3) is 3.73. The van der Waals surface area contributed by atoms with Crippen LogP contribution >= 0.6 is 23.2 Å². The van der Waals surface area contributed by atoms with Gasteiger partial charge in [-0.3, -0.25) is 0 Å². The number of ether oxygens (including phenoxy) is 1. The van der Waals surface area contributed by atoms with E-state index < -0.39 is 18.2 Å². The van der Waals surface area contributed by atoms with Gasteiger partial charge >= 0.3 is 6.36 Å². The Morgan fingerprint density at radius 2 is 2.00 bits per heavy atom. The third-order valence-corrected chi connectivity index (χ3v) is 2.30. The van der Waals surface area contributed by atoms with Crippen LogP contribution in [-0.4, -0.2) is 17.3 Å². The lowest BCUT2D eigenvalue weighted by atomic mass is 10.1. The summed E-state index contributed by atoms with van der Waals surface area (Å²) in [5, 5.41) is 9.09. The summed E-state index contributed by atoms with van der Waals surface area (Å²) in [4.78, 5) is 0. The Labute approximate surface area is 99.5 Å². The summed E-state index contributed by atoms with van der Waals surface area (Å²) in [6.45, 7) is 0. The minimum absolute atomic E-state index is 0.0736. The molecule has 0 aliphatic heterocycles. The summed E-state index contributed by atoms with van der Waals surface area (Å²) < 4.78 is 39.3. The van der Waals surface area contributed by atoms with Crippen LogP contribution in [0.25, 0.3) is 0 Å². The lowest BCUT2D eigenvalue weighted by molar-refractivity contribution is -0.274. The second kappa shape index (κ2) is 5.12. The molecule has 0 aromatic heterocycles. The van der Waals surface area contributed by atoms with Crippen molar-refractivity contribution >= 4 is 23.2 Å². The van der Waals surface area contributed by atoms with Crippen LogP contribution in [0.3, 0.4) is 0 Å². The monoisotopic (exact) mass is 274 g/mol. The summed E-state index contributed by atoms with van der Waals surface area (Å²) in [6.07, 6.45) is -5.77. The van der Waals surface area contributed by atoms with Gasteiger partial charge in [0.05, 0.1) is 17.0 Å². The smallest absolute Gasteiger partial charge is 0.404 e. The minimum Gasteiger partial charge on any atom is -0.404 e. The van der Waals surface area contributed by atoms with E-state index in [1.807, 2.05) is 0 Å². The maximum atomic E-state index is 11.9. The molecule has 7 heteroatoms. The lowest BCUT2D eigenvalue weighted by Crippen LogP contribution is -2.17. The summed E-state index contributed by atoms with van der Waals surface area (Å²) in [5.41, 5.74) is 0.328. The van der Waals surface area contributed by atoms with Crippen molar-refractivity contribution < 1.29 is 23.0 Å². The summed E-state index contributed by atoms with van der Waals surface area (Å²) in [7, 11) is 0. The molecule has 1 unspecified atom stereocenters. The van der Waals surface area contributed by atoms with E-state index >= 15 is 0 Å². The minimum atomic E-state index is -4.80. The van der Waals surface area contributed by atoms with Gasteiger partial charge in [-0.25, -0.2) is 0 Å². The van der Waals surface area contributed by atoms with E-state index in [1.54, 1.807) is 0 Å². The Hall–Kier alpha value is -0.650. The highest BCUT2D eigenvalue weighted by Crippen LogP contribution is 2.32. The molecule has 0 aliphatic rings. The first-order valence-corrected chi connectivity index (χ1v) is 5.04. The molecule has 1 aromatic carbocycles. The van der Waals surface area contributed by atoms with Crippen LogP contribution < -0.4 is 4.74 Å². The largest absolute Gasteiger partial charge is 0.573 e. The van der Waals surface area contributed by atoms with E-state index in [1.165, 1.54) is 12.1 Å². The topological polar surface area (TPSA) is 29.5 Å². The average molecular weight is 275 g/mol. The molecule has 0 spiro atoms. The van der Waals surface area contributed by atoms with Crippen molar-refractivity contribution in [3.63, 3.8) is 0 Å². The summed E-state index contributed by atoms with van der Waals surface area (Å²) in [5.74, 6) is -0.588. The number of hydrogen-bond acceptors (Lipinski definition) is 2. The molecule has 0 aliphatic carbocycles. The molecule has 0 heterocycles. The second-order valence-electron chi connectivity index (χ2n) is 2.91. The van der Waals surface area contributed by atoms with E-state index in [9.17, 15) is 18.3 Å². The molecular weight excluding hydrogens is 268 g/mol. The molecule has 1 aromatic rings. The quantitative estimate of drug-likeness (QED) is 0.855. The molecule has 2 nitrogen and oxygen atoms in total. The zero-order valence-electron chi connectivity index (χ0n) is 7.76. The molecule has 0 saturated heterocycles. The van der Waals surface area contributed by atoms with Crippen LogP contribution in [0.1, 0.15) is 11.7 Å². The number of halogens is 5. The molecule has 0 radical (unpaired) electrons. The van der Waals surface area contributed by atoms with Crippen LogP contribution in [0.5, 0.6) is 5.75 Å². The Morgan fingerprint density at radius 1 is 1.38 bits per heavy atom. The Kier molecular flexibility index (Phi) is 4.29. The number of alkyl halides is 4. The number of aliphatic hydroxyl groups is 1. The second-order valence-corrected chi connectivity index (χ2v) is 3.62. The molecule has 1 rings (SSSR count). The van der Waals surface area contributed by atoms with E-state index in [-0.39, 0.29) is 10.9 Å². The van der Waals surface area contributed by atoms with Gasteiger partial charge in [0, 0.05) is 0 Å². The van der Waals surface area contributed by atoms with E-state index in [4.69, 9.17) is 23.2 Å². The van der Waals surface area contributed by atoms with Crippen molar-refractivity contribution in [2.45, 2.75) is 12.5 Å². The summed E-state index contributed by atoms with van der Waals surface area (Å²) >= 11 is 10.9. The van der Waals surface area contributed by atoms with Gasteiger partial charge in [-0.1, -0.05) is 17.7 Å². The number of aliphatic hydroxyl groups excluding tert-OH is 1. The van der Waals surface area contributed by atoms with Crippen molar-refractivity contribution in [3.05, 3.63) is 28.8 Å². The SMILES string of the molecule is OC(CCl)c1ccc(OC(F)(F)F)c(Cl)c1. The van der Waals surface area contributed by atoms with E-state index in [0.717, 1.165) is 6.07 Å². The fourth-order valence-corrected chi connectivity index (χ4v) is 1.43. The average Bonchev–Trinajstić information content (AvgIpc) is 2.18. The zero-order chi connectivity index (χ0) is 12.3. The van der Waals surface area contributed by atoms with E-state index in [2.05, 4.69) is 4.74 Å². The summed E-state index contributed by atoms with van der Waals surface area (Å²) in [6, 6.07) is 3.47. The van der Waals surface area contributed by atoms with Gasteiger partial charge in [-0.2, -0.15) is 0 Å². The van der Waals surface area contributed by atoms with Gasteiger partial charge in [0.25, 0.3) is 0 Å². The number of rotatable bonds is 3. The van der Waals surface area contributed by atoms with Gasteiger partial charge in [0.2, 0.25) is 0 Å². The molecule has 0 bridgehead atoms. The normalized spacial score (nSPS) is 13.6. The van der Waals surface area contributed by atoms with Gasteiger partial charge in [0.1, 0.15) is 5.75 Å². The number of hydrogen-bond donors (Lipinski definition) is 1. The first-order chi connectivity index (χ1) is 7.33. The fraction of sp³-hybridized carbons (Fsp3) is 0.333. The third-order valence-electron chi connectivity index (χ3n) is 1.71. The predicted molar refractivity (Wildman–Crippen MR) is 53.8 cm³/mol. The van der Waals surface area contributed by atoms with Crippen molar-refractivity contribution in [1.82, 2.24) is 0 Å². The van der Waals surface area contributed by atoms with Crippen LogP contribution in [-0.2, 0) is 0 Å². The Morgan fingerprint density at radius 3 is 2.44 bits per heavy atom. The highest BCUT2D eigenvalue weighted by Gasteiger charge is 2.32. The molecule has 1 N–H and O–H groups in total. The van der Waals surface area contributed by atoms with Crippen molar-refractivity contribution in [2.24, 2.45) is 0 Å². The van der Waals surface area contributed by atoms with E-state index in [0.29, 0.717) is 5.56 Å². The van der Waals surface area contributed by atoms with Gasteiger partial charge < -0.3 is 9.84 Å². The molecular formula is C9H7Cl2F3O2. The lowest BCUT2D eigenvalue weighted by Gasteiger charge is -2.12. The highest BCUT2D eigenvalue weighted by atomic mass is 35.5. The number of benzene rings is 1. The standard InChI is InChI=1S/C9H7Cl2F3O2/c10-4-7(15)5-1-2-8(6(11)3-5)16-9(12,13)14/h1-3,7,15H,4H2. The first-order valence-electron chi connectivity index (χ1n) is 4.12. The molecule has 1 atom stereocenters. The van der Waals surface area contributed by atoms with Crippen LogP contribution in [0, 0.1) is 0 Å². The van der Waals surface area contributed by atoms with Crippen LogP contribution in [0.4, 0.5) is 13.2 Å². The molecule has 16 heavy (non-hydrogen) atoms. The first kappa shape index (κ1) is 13.4. The van der Waals surface area contributed by atoms with Crippen molar-refractivity contribution in [2.75, 3.05) is 5.88 Å². The molecule has 0 fully saturated rings.